The molecule has 0 atom stereocenters. The number of aryl methyl sites for hydroxylation is 1. The zero-order chi connectivity index (χ0) is 17.1. The van der Waals surface area contributed by atoms with Crippen LogP contribution >= 0.6 is 11.3 Å². The van der Waals surface area contributed by atoms with Gasteiger partial charge in [-0.3, -0.25) is 19.3 Å². The predicted molar refractivity (Wildman–Crippen MR) is 89.7 cm³/mol. The maximum atomic E-state index is 12.2. The molecule has 3 rings (SSSR count). The number of carbonyl (C=O) groups is 3. The Morgan fingerprint density at radius 2 is 1.88 bits per heavy atom. The SMILES string of the molecule is Cc1cnc(CNC(=O)CCCN2C(=O)c3ccccc3C2=O)s1. The first kappa shape index (κ1) is 16.3. The van der Waals surface area contributed by atoms with Crippen LogP contribution in [0.15, 0.2) is 30.5 Å². The van der Waals surface area contributed by atoms with E-state index in [-0.39, 0.29) is 30.7 Å². The van der Waals surface area contributed by atoms with Crippen LogP contribution in [0.25, 0.3) is 0 Å². The van der Waals surface area contributed by atoms with Gasteiger partial charge in [-0.1, -0.05) is 12.1 Å². The Kier molecular flexibility index (Phi) is 4.71. The Hall–Kier alpha value is -2.54. The minimum Gasteiger partial charge on any atom is -0.350 e. The van der Waals surface area contributed by atoms with Gasteiger partial charge < -0.3 is 5.32 Å². The van der Waals surface area contributed by atoms with E-state index in [1.54, 1.807) is 41.8 Å². The van der Waals surface area contributed by atoms with Crippen molar-refractivity contribution in [1.82, 2.24) is 15.2 Å². The van der Waals surface area contributed by atoms with Crippen molar-refractivity contribution in [3.8, 4) is 0 Å². The molecule has 1 aromatic heterocycles. The molecule has 1 N–H and O–H groups in total. The Bertz CT molecular complexity index is 765. The Morgan fingerprint density at radius 1 is 1.21 bits per heavy atom. The fourth-order valence-corrected chi connectivity index (χ4v) is 3.31. The van der Waals surface area contributed by atoms with Crippen LogP contribution < -0.4 is 5.32 Å². The van der Waals surface area contributed by atoms with Crippen LogP contribution in [0.5, 0.6) is 0 Å². The molecule has 6 nitrogen and oxygen atoms in total. The van der Waals surface area contributed by atoms with Gasteiger partial charge in [0.2, 0.25) is 5.91 Å². The van der Waals surface area contributed by atoms with Gasteiger partial charge in [0.25, 0.3) is 11.8 Å². The number of imide groups is 1. The van der Waals surface area contributed by atoms with Crippen molar-refractivity contribution in [3.63, 3.8) is 0 Å². The Balaban J connectivity index is 1.46. The average molecular weight is 343 g/mol. The summed E-state index contributed by atoms with van der Waals surface area (Å²) in [5.74, 6) is -0.678. The number of nitrogens with one attached hydrogen (secondary N) is 1. The number of carbonyl (C=O) groups excluding carboxylic acids is 3. The fourth-order valence-electron chi connectivity index (χ4n) is 2.59. The molecule has 2 aromatic rings. The third-order valence-electron chi connectivity index (χ3n) is 3.77. The first-order chi connectivity index (χ1) is 11.6. The quantitative estimate of drug-likeness (QED) is 0.815. The summed E-state index contributed by atoms with van der Waals surface area (Å²) >= 11 is 1.54. The van der Waals surface area contributed by atoms with Crippen LogP contribution in [0.4, 0.5) is 0 Å². The van der Waals surface area contributed by atoms with Crippen LogP contribution in [-0.2, 0) is 11.3 Å². The summed E-state index contributed by atoms with van der Waals surface area (Å²) in [5.41, 5.74) is 0.872. The number of nitrogens with zero attached hydrogens (tertiary/aromatic N) is 2. The summed E-state index contributed by atoms with van der Waals surface area (Å²) in [5, 5.41) is 3.66. The lowest BCUT2D eigenvalue weighted by Gasteiger charge is -2.13. The standard InChI is InChI=1S/C17H17N3O3S/c1-11-9-19-15(24-11)10-18-14(21)7-4-8-20-16(22)12-5-2-3-6-13(12)17(20)23/h2-3,5-6,9H,4,7-8,10H2,1H3,(H,18,21). The van der Waals surface area contributed by atoms with Crippen LogP contribution in [0.2, 0.25) is 0 Å². The summed E-state index contributed by atoms with van der Waals surface area (Å²) in [6.07, 6.45) is 2.47. The van der Waals surface area contributed by atoms with E-state index < -0.39 is 0 Å². The first-order valence-electron chi connectivity index (χ1n) is 7.69. The molecule has 1 aliphatic rings. The molecule has 0 bridgehead atoms. The molecule has 0 radical (unpaired) electrons. The van der Waals surface area contributed by atoms with Crippen LogP contribution in [-0.4, -0.2) is 34.2 Å². The highest BCUT2D eigenvalue weighted by Gasteiger charge is 2.34. The summed E-state index contributed by atoms with van der Waals surface area (Å²) in [7, 11) is 0. The highest BCUT2D eigenvalue weighted by atomic mass is 32.1. The minimum absolute atomic E-state index is 0.112. The third-order valence-corrected chi connectivity index (χ3v) is 4.68. The second kappa shape index (κ2) is 6.92. The van der Waals surface area contributed by atoms with Crippen molar-refractivity contribution >= 4 is 29.1 Å². The topological polar surface area (TPSA) is 79.4 Å². The molecular formula is C17H17N3O3S. The number of aromatic nitrogens is 1. The van der Waals surface area contributed by atoms with E-state index >= 15 is 0 Å². The minimum atomic E-state index is -0.283. The zero-order valence-electron chi connectivity index (χ0n) is 13.2. The lowest BCUT2D eigenvalue weighted by molar-refractivity contribution is -0.121. The molecule has 1 aliphatic heterocycles. The molecule has 0 saturated carbocycles. The number of rotatable bonds is 6. The number of hydrogen-bond donors (Lipinski definition) is 1. The van der Waals surface area contributed by atoms with Gasteiger partial charge in [-0.25, -0.2) is 4.98 Å². The third kappa shape index (κ3) is 3.35. The second-order valence-corrected chi connectivity index (χ2v) is 6.87. The van der Waals surface area contributed by atoms with Gasteiger partial charge in [-0.2, -0.15) is 0 Å². The maximum absolute atomic E-state index is 12.2. The highest BCUT2D eigenvalue weighted by Crippen LogP contribution is 2.22. The van der Waals surface area contributed by atoms with Gasteiger partial charge in [0, 0.05) is 24.0 Å². The first-order valence-corrected chi connectivity index (χ1v) is 8.51. The van der Waals surface area contributed by atoms with Crippen molar-refractivity contribution in [1.29, 1.82) is 0 Å². The normalized spacial score (nSPS) is 13.3. The number of thiazole rings is 1. The Labute approximate surface area is 143 Å². The molecule has 24 heavy (non-hydrogen) atoms. The monoisotopic (exact) mass is 343 g/mol. The molecular weight excluding hydrogens is 326 g/mol. The van der Waals surface area contributed by atoms with Gasteiger partial charge in [-0.15, -0.1) is 11.3 Å². The molecule has 0 unspecified atom stereocenters. The van der Waals surface area contributed by atoms with Gasteiger partial charge in [0.1, 0.15) is 5.01 Å². The van der Waals surface area contributed by atoms with Crippen LogP contribution in [0, 0.1) is 6.92 Å². The second-order valence-electron chi connectivity index (χ2n) is 5.55. The fraction of sp³-hybridized carbons (Fsp3) is 0.294. The summed E-state index contributed by atoms with van der Waals surface area (Å²) in [4.78, 5) is 42.7. The van der Waals surface area contributed by atoms with Crippen molar-refractivity contribution in [2.75, 3.05) is 6.54 Å². The molecule has 0 aliphatic carbocycles. The van der Waals surface area contributed by atoms with E-state index in [0.717, 1.165) is 9.88 Å². The van der Waals surface area contributed by atoms with E-state index in [9.17, 15) is 14.4 Å². The summed E-state index contributed by atoms with van der Waals surface area (Å²) in [6, 6.07) is 6.78. The summed E-state index contributed by atoms with van der Waals surface area (Å²) < 4.78 is 0. The van der Waals surface area contributed by atoms with Gasteiger partial charge in [-0.05, 0) is 25.5 Å². The van der Waals surface area contributed by atoms with Crippen molar-refractivity contribution in [2.24, 2.45) is 0 Å². The van der Waals surface area contributed by atoms with Crippen LogP contribution in [0.3, 0.4) is 0 Å². The van der Waals surface area contributed by atoms with Crippen LogP contribution in [0.1, 0.15) is 43.4 Å². The predicted octanol–water partition coefficient (Wildman–Crippen LogP) is 2.14. The van der Waals surface area contributed by atoms with E-state index in [4.69, 9.17) is 0 Å². The van der Waals surface area contributed by atoms with Crippen molar-refractivity contribution < 1.29 is 14.4 Å². The molecule has 0 saturated heterocycles. The highest BCUT2D eigenvalue weighted by molar-refractivity contribution is 7.11. The smallest absolute Gasteiger partial charge is 0.261 e. The van der Waals surface area contributed by atoms with Gasteiger partial charge in [0.15, 0.2) is 0 Å². The van der Waals surface area contributed by atoms with Gasteiger partial charge >= 0.3 is 0 Å². The maximum Gasteiger partial charge on any atom is 0.261 e. The molecule has 7 heteroatoms. The molecule has 3 amide bonds. The van der Waals surface area contributed by atoms with Crippen molar-refractivity contribution in [3.05, 3.63) is 51.5 Å². The molecule has 2 heterocycles. The molecule has 1 aromatic carbocycles. The largest absolute Gasteiger partial charge is 0.350 e. The van der Waals surface area contributed by atoms with E-state index in [1.165, 1.54) is 4.90 Å². The van der Waals surface area contributed by atoms with Crippen molar-refractivity contribution in [2.45, 2.75) is 26.3 Å². The molecule has 0 fully saturated rings. The average Bonchev–Trinajstić information content (AvgIpc) is 3.10. The van der Waals surface area contributed by atoms with E-state index in [1.807, 2.05) is 6.92 Å². The summed E-state index contributed by atoms with van der Waals surface area (Å²) in [6.45, 7) is 2.62. The number of fused-ring (bicyclic) bond motifs is 1. The molecule has 0 spiro atoms. The van der Waals surface area contributed by atoms with E-state index in [0.29, 0.717) is 24.1 Å². The van der Waals surface area contributed by atoms with Gasteiger partial charge in [0.05, 0.1) is 17.7 Å². The molecule has 124 valence electrons. The lowest BCUT2D eigenvalue weighted by Crippen LogP contribution is -2.32. The zero-order valence-corrected chi connectivity index (χ0v) is 14.1. The number of benzene rings is 1. The number of hydrogen-bond acceptors (Lipinski definition) is 5. The number of amides is 3. The Morgan fingerprint density at radius 3 is 2.46 bits per heavy atom. The lowest BCUT2D eigenvalue weighted by atomic mass is 10.1. The van der Waals surface area contributed by atoms with E-state index in [2.05, 4.69) is 10.3 Å².